The fraction of sp³-hybridized carbons (Fsp3) is 0. The number of carboxylic acids is 1. The second kappa shape index (κ2) is 3.87. The van der Waals surface area contributed by atoms with E-state index in [1.54, 1.807) is 6.07 Å². The summed E-state index contributed by atoms with van der Waals surface area (Å²) in [4.78, 5) is 17.7. The Morgan fingerprint density at radius 2 is 2.36 bits per heavy atom. The Balaban J connectivity index is 3.21. The zero-order chi connectivity index (χ0) is 10.6. The van der Waals surface area contributed by atoms with Crippen LogP contribution in [0.1, 0.15) is 16.2 Å². The molecule has 0 saturated heterocycles. The number of anilines is 1. The van der Waals surface area contributed by atoms with E-state index in [-0.39, 0.29) is 17.2 Å². The maximum atomic E-state index is 10.6. The van der Waals surface area contributed by atoms with Crippen molar-refractivity contribution in [2.45, 2.75) is 0 Å². The molecule has 0 amide bonds. The van der Waals surface area contributed by atoms with Crippen molar-refractivity contribution in [3.63, 3.8) is 0 Å². The van der Waals surface area contributed by atoms with Crippen LogP contribution >= 0.6 is 0 Å². The van der Waals surface area contributed by atoms with E-state index in [2.05, 4.69) is 21.8 Å². The highest BCUT2D eigenvalue weighted by Crippen LogP contribution is 2.04. The van der Waals surface area contributed by atoms with E-state index in [4.69, 9.17) is 16.1 Å². The molecule has 14 heavy (non-hydrogen) atoms. The summed E-state index contributed by atoms with van der Waals surface area (Å²) in [6, 6.07) is 1.57. The molecular weight excluding hydrogens is 184 g/mol. The summed E-state index contributed by atoms with van der Waals surface area (Å²) in [5, 5.41) is 16.8. The molecule has 1 rings (SSSR count). The molecule has 0 fully saturated rings. The van der Waals surface area contributed by atoms with Gasteiger partial charge in [-0.25, -0.2) is 14.8 Å². The Labute approximate surface area is 79.0 Å². The molecule has 0 saturated carbocycles. The predicted molar refractivity (Wildman–Crippen MR) is 45.9 cm³/mol. The van der Waals surface area contributed by atoms with Gasteiger partial charge in [-0.3, -0.25) is 0 Å². The maximum absolute atomic E-state index is 10.6. The first-order valence-corrected chi connectivity index (χ1v) is 3.41. The number of nitrogens with two attached hydrogens (primary N) is 1. The van der Waals surface area contributed by atoms with Crippen LogP contribution in [-0.4, -0.2) is 21.0 Å². The third-order valence-electron chi connectivity index (χ3n) is 1.25. The van der Waals surface area contributed by atoms with Crippen molar-refractivity contribution in [2.75, 3.05) is 5.73 Å². The summed E-state index contributed by atoms with van der Waals surface area (Å²) in [6.45, 7) is 0. The molecule has 0 aliphatic carbocycles. The Morgan fingerprint density at radius 1 is 1.64 bits per heavy atom. The number of aromatic nitrogens is 2. The molecule has 6 nitrogen and oxygen atoms in total. The third kappa shape index (κ3) is 1.96. The number of rotatable bonds is 1. The zero-order valence-electron chi connectivity index (χ0n) is 6.85. The standard InChI is InChI=1S/C8H4N4O2/c9-3-1-2-5-4-11-7(10)6(12-5)8(13)14/h4H,(H2,10,11)(H,13,14). The molecule has 0 radical (unpaired) electrons. The number of nitrogens with zero attached hydrogens (tertiary/aromatic N) is 3. The highest BCUT2D eigenvalue weighted by atomic mass is 16.4. The molecule has 1 aromatic heterocycles. The van der Waals surface area contributed by atoms with E-state index in [0.717, 1.165) is 0 Å². The topological polar surface area (TPSA) is 113 Å². The minimum atomic E-state index is -1.28. The molecule has 3 N–H and O–H groups in total. The van der Waals surface area contributed by atoms with Crippen LogP contribution in [0.5, 0.6) is 0 Å². The molecule has 1 heterocycles. The molecule has 0 spiro atoms. The molecule has 0 aliphatic heterocycles. The lowest BCUT2D eigenvalue weighted by molar-refractivity contribution is 0.0691. The average Bonchev–Trinajstić information content (AvgIpc) is 2.16. The Bertz CT molecular complexity index is 478. The fourth-order valence-electron chi connectivity index (χ4n) is 0.708. The van der Waals surface area contributed by atoms with Gasteiger partial charge in [0.25, 0.3) is 0 Å². The molecule has 1 aromatic rings. The van der Waals surface area contributed by atoms with Gasteiger partial charge in [0.15, 0.2) is 17.6 Å². The van der Waals surface area contributed by atoms with Crippen LogP contribution in [0.4, 0.5) is 5.82 Å². The minimum Gasteiger partial charge on any atom is -0.476 e. The molecule has 68 valence electrons. The van der Waals surface area contributed by atoms with Crippen molar-refractivity contribution >= 4 is 11.8 Å². The largest absolute Gasteiger partial charge is 0.476 e. The highest BCUT2D eigenvalue weighted by Gasteiger charge is 2.10. The van der Waals surface area contributed by atoms with Crippen molar-refractivity contribution in [1.82, 2.24) is 9.97 Å². The van der Waals surface area contributed by atoms with Gasteiger partial charge in [-0.1, -0.05) is 0 Å². The van der Waals surface area contributed by atoms with Gasteiger partial charge in [0, 0.05) is 5.92 Å². The van der Waals surface area contributed by atoms with Gasteiger partial charge in [-0.2, -0.15) is 5.26 Å². The number of carbonyl (C=O) groups is 1. The van der Waals surface area contributed by atoms with Crippen molar-refractivity contribution < 1.29 is 9.90 Å². The Morgan fingerprint density at radius 3 is 2.93 bits per heavy atom. The van der Waals surface area contributed by atoms with Crippen LogP contribution in [0.3, 0.4) is 0 Å². The van der Waals surface area contributed by atoms with Crippen molar-refractivity contribution in [3.05, 3.63) is 17.6 Å². The van der Waals surface area contributed by atoms with Crippen LogP contribution in [0.25, 0.3) is 0 Å². The summed E-state index contributed by atoms with van der Waals surface area (Å²) in [5.74, 6) is 2.92. The first kappa shape index (κ1) is 9.49. The zero-order valence-corrected chi connectivity index (χ0v) is 6.85. The molecule has 0 aliphatic rings. The number of carboxylic acid groups (broad SMARTS) is 1. The van der Waals surface area contributed by atoms with Crippen LogP contribution in [-0.2, 0) is 0 Å². The number of aromatic carboxylic acids is 1. The maximum Gasteiger partial charge on any atom is 0.358 e. The lowest BCUT2D eigenvalue weighted by Crippen LogP contribution is -2.08. The van der Waals surface area contributed by atoms with Crippen molar-refractivity contribution in [3.8, 4) is 17.9 Å². The Kier molecular flexibility index (Phi) is 2.63. The van der Waals surface area contributed by atoms with Crippen molar-refractivity contribution in [2.24, 2.45) is 0 Å². The second-order valence-electron chi connectivity index (χ2n) is 2.16. The SMILES string of the molecule is N#CC#Cc1cnc(N)c(C(=O)O)n1. The van der Waals surface area contributed by atoms with E-state index < -0.39 is 5.97 Å². The van der Waals surface area contributed by atoms with Crippen LogP contribution in [0, 0.1) is 23.2 Å². The second-order valence-corrected chi connectivity index (χ2v) is 2.16. The highest BCUT2D eigenvalue weighted by molar-refractivity contribution is 5.90. The van der Waals surface area contributed by atoms with E-state index in [1.807, 2.05) is 0 Å². The van der Waals surface area contributed by atoms with Gasteiger partial charge < -0.3 is 10.8 Å². The summed E-state index contributed by atoms with van der Waals surface area (Å²) in [5.41, 5.74) is 4.98. The number of hydrogen-bond acceptors (Lipinski definition) is 5. The fourth-order valence-corrected chi connectivity index (χ4v) is 0.708. The molecule has 0 aromatic carbocycles. The van der Waals surface area contributed by atoms with Gasteiger partial charge in [-0.05, 0) is 5.92 Å². The van der Waals surface area contributed by atoms with Crippen LogP contribution in [0.2, 0.25) is 0 Å². The smallest absolute Gasteiger partial charge is 0.358 e. The molecule has 6 heteroatoms. The molecular formula is C8H4N4O2. The van der Waals surface area contributed by atoms with Gasteiger partial charge in [0.1, 0.15) is 5.69 Å². The van der Waals surface area contributed by atoms with E-state index >= 15 is 0 Å². The monoisotopic (exact) mass is 188 g/mol. The van der Waals surface area contributed by atoms with Gasteiger partial charge in [0.05, 0.1) is 6.20 Å². The number of hydrogen-bond donors (Lipinski definition) is 2. The first-order valence-electron chi connectivity index (χ1n) is 3.41. The van der Waals surface area contributed by atoms with E-state index in [1.165, 1.54) is 6.20 Å². The molecule has 0 atom stereocenters. The van der Waals surface area contributed by atoms with E-state index in [9.17, 15) is 4.79 Å². The van der Waals surface area contributed by atoms with Crippen LogP contribution < -0.4 is 5.73 Å². The quantitative estimate of drug-likeness (QED) is 0.581. The molecule has 0 unspecified atom stereocenters. The lowest BCUT2D eigenvalue weighted by atomic mass is 10.3. The summed E-state index contributed by atoms with van der Waals surface area (Å²) >= 11 is 0. The van der Waals surface area contributed by atoms with E-state index in [0.29, 0.717) is 0 Å². The Hall–Kier alpha value is -2.60. The summed E-state index contributed by atoms with van der Waals surface area (Å²) < 4.78 is 0. The number of nitriles is 1. The normalized spacial score (nSPS) is 8.21. The average molecular weight is 188 g/mol. The first-order chi connectivity index (χ1) is 6.65. The van der Waals surface area contributed by atoms with Gasteiger partial charge in [-0.15, -0.1) is 0 Å². The van der Waals surface area contributed by atoms with Crippen molar-refractivity contribution in [1.29, 1.82) is 5.26 Å². The van der Waals surface area contributed by atoms with Gasteiger partial charge >= 0.3 is 5.97 Å². The lowest BCUT2D eigenvalue weighted by Gasteiger charge is -1.97. The minimum absolute atomic E-state index is 0.0955. The van der Waals surface area contributed by atoms with Crippen LogP contribution in [0.15, 0.2) is 6.20 Å². The molecule has 0 bridgehead atoms. The predicted octanol–water partition coefficient (Wildman–Crippen LogP) is -0.368. The number of nitrogen functional groups attached to an aromatic ring is 1. The summed E-state index contributed by atoms with van der Waals surface area (Å²) in [6.07, 6.45) is 1.20. The third-order valence-corrected chi connectivity index (χ3v) is 1.25. The summed E-state index contributed by atoms with van der Waals surface area (Å²) in [7, 11) is 0. The van der Waals surface area contributed by atoms with Gasteiger partial charge in [0.2, 0.25) is 0 Å².